The number of benzene rings is 1. The Kier molecular flexibility index (Phi) is 4.40. The Hall–Kier alpha value is -0.550. The van der Waals surface area contributed by atoms with Gasteiger partial charge in [0.2, 0.25) is 0 Å². The molecule has 8 fully saturated rings. The fourth-order valence-electron chi connectivity index (χ4n) is 11.0. The summed E-state index contributed by atoms with van der Waals surface area (Å²) >= 11 is 0. The highest BCUT2D eigenvalue weighted by atomic mass is 31.1. The van der Waals surface area contributed by atoms with Crippen molar-refractivity contribution >= 4 is 13.2 Å². The molecular formula is C30H43OP. The molecule has 8 bridgehead atoms. The van der Waals surface area contributed by atoms with E-state index in [4.69, 9.17) is 0 Å². The molecule has 1 aromatic rings. The molecule has 8 aliphatic rings. The van der Waals surface area contributed by atoms with Crippen molar-refractivity contribution in [1.82, 2.24) is 0 Å². The molecule has 2 heteroatoms. The van der Waals surface area contributed by atoms with Gasteiger partial charge in [-0.25, -0.2) is 0 Å². The third-order valence-corrected chi connectivity index (χ3v) is 14.9. The lowest BCUT2D eigenvalue weighted by Crippen LogP contribution is -2.58. The topological polar surface area (TPSA) is 20.2 Å². The quantitative estimate of drug-likeness (QED) is 0.467. The van der Waals surface area contributed by atoms with Gasteiger partial charge in [-0.3, -0.25) is 0 Å². The lowest BCUT2D eigenvalue weighted by atomic mass is 9.55. The largest absolute Gasteiger partial charge is 0.507 e. The van der Waals surface area contributed by atoms with Gasteiger partial charge in [0.1, 0.15) is 5.75 Å². The van der Waals surface area contributed by atoms with Gasteiger partial charge in [0.25, 0.3) is 0 Å². The molecule has 0 spiro atoms. The summed E-state index contributed by atoms with van der Waals surface area (Å²) in [7, 11) is -0.338. The van der Waals surface area contributed by atoms with Crippen LogP contribution in [0, 0.1) is 35.5 Å². The smallest absolute Gasteiger partial charge is 0.126 e. The number of para-hydroxylation sites is 1. The van der Waals surface area contributed by atoms with Crippen LogP contribution in [0.5, 0.6) is 5.75 Å². The Morgan fingerprint density at radius 3 is 1.41 bits per heavy atom. The SMILES string of the molecule is CC(C)(C)c1cccc(P(C23CC4CC(CC(C4)C2)C3)C23CC4CC(CC(C4)C2)C3)c1O. The van der Waals surface area contributed by atoms with E-state index in [1.54, 1.807) is 0 Å². The van der Waals surface area contributed by atoms with Gasteiger partial charge >= 0.3 is 0 Å². The third kappa shape index (κ3) is 2.98. The first-order chi connectivity index (χ1) is 15.2. The van der Waals surface area contributed by atoms with E-state index >= 15 is 0 Å². The fourth-order valence-corrected chi connectivity index (χ4v) is 16.2. The van der Waals surface area contributed by atoms with Crippen LogP contribution in [-0.4, -0.2) is 15.4 Å². The highest BCUT2D eigenvalue weighted by Crippen LogP contribution is 2.78. The lowest BCUT2D eigenvalue weighted by Gasteiger charge is -2.67. The van der Waals surface area contributed by atoms with Crippen LogP contribution in [0.2, 0.25) is 0 Å². The molecule has 0 atom stereocenters. The van der Waals surface area contributed by atoms with Crippen molar-refractivity contribution in [1.29, 1.82) is 0 Å². The van der Waals surface area contributed by atoms with Crippen LogP contribution in [0.1, 0.15) is 103 Å². The summed E-state index contributed by atoms with van der Waals surface area (Å²) in [6.07, 6.45) is 18.1. The Bertz CT molecular complexity index is 809. The van der Waals surface area contributed by atoms with Crippen molar-refractivity contribution in [3.05, 3.63) is 23.8 Å². The Balaban J connectivity index is 1.41. The Labute approximate surface area is 196 Å². The number of rotatable bonds is 3. The van der Waals surface area contributed by atoms with Gasteiger partial charge in [0.05, 0.1) is 0 Å². The number of hydrogen-bond acceptors (Lipinski definition) is 1. The molecule has 8 aliphatic carbocycles. The number of aromatic hydroxyl groups is 1. The van der Waals surface area contributed by atoms with E-state index in [0.29, 0.717) is 16.1 Å². The average Bonchev–Trinajstić information content (AvgIpc) is 2.66. The first-order valence-corrected chi connectivity index (χ1v) is 15.2. The molecule has 0 radical (unpaired) electrons. The van der Waals surface area contributed by atoms with Crippen molar-refractivity contribution in [2.24, 2.45) is 35.5 Å². The zero-order chi connectivity index (χ0) is 21.9. The molecule has 1 N–H and O–H groups in total. The second kappa shape index (κ2) is 6.77. The molecule has 0 heterocycles. The molecule has 1 nitrogen and oxygen atoms in total. The predicted molar refractivity (Wildman–Crippen MR) is 135 cm³/mol. The first kappa shape index (κ1) is 20.8. The summed E-state index contributed by atoms with van der Waals surface area (Å²) in [5.41, 5.74) is 1.20. The maximum absolute atomic E-state index is 11.9. The van der Waals surface area contributed by atoms with E-state index in [1.807, 2.05) is 0 Å². The number of hydrogen-bond donors (Lipinski definition) is 1. The maximum Gasteiger partial charge on any atom is 0.126 e. The van der Waals surface area contributed by atoms with E-state index in [1.165, 1.54) is 87.9 Å². The minimum absolute atomic E-state index is 0.00401. The van der Waals surface area contributed by atoms with Gasteiger partial charge in [-0.2, -0.15) is 0 Å². The maximum atomic E-state index is 11.9. The minimum atomic E-state index is -0.338. The fraction of sp³-hybridized carbons (Fsp3) is 0.800. The summed E-state index contributed by atoms with van der Waals surface area (Å²) in [5, 5.41) is 14.4. The standard InChI is InChI=1S/C30H43OP/c1-28(2,3)25-5-4-6-26(27(25)31)32(29-13-19-7-20(14-29)9-21(8-19)15-29)30-16-22-10-23(17-30)12-24(11-22)18-30/h4-6,19-24,31H,7-18H2,1-3H3. The van der Waals surface area contributed by atoms with Gasteiger partial charge < -0.3 is 5.11 Å². The van der Waals surface area contributed by atoms with Crippen LogP contribution in [0.3, 0.4) is 0 Å². The Morgan fingerprint density at radius 1 is 0.688 bits per heavy atom. The zero-order valence-corrected chi connectivity index (χ0v) is 21.5. The molecule has 0 unspecified atom stereocenters. The average molecular weight is 451 g/mol. The normalized spacial score (nSPS) is 47.2. The highest BCUT2D eigenvalue weighted by Gasteiger charge is 2.63. The van der Waals surface area contributed by atoms with Gasteiger partial charge in [-0.15, -0.1) is 0 Å². The van der Waals surface area contributed by atoms with Crippen molar-refractivity contribution in [2.45, 2.75) is 114 Å². The number of phenols is 1. The third-order valence-electron chi connectivity index (χ3n) is 11.0. The molecule has 9 rings (SSSR count). The van der Waals surface area contributed by atoms with E-state index < -0.39 is 0 Å². The minimum Gasteiger partial charge on any atom is -0.507 e. The summed E-state index contributed by atoms with van der Waals surface area (Å²) < 4.78 is 0. The molecule has 0 amide bonds. The molecule has 0 aromatic heterocycles. The van der Waals surface area contributed by atoms with E-state index in [0.717, 1.165) is 35.5 Å². The van der Waals surface area contributed by atoms with Crippen molar-refractivity contribution < 1.29 is 5.11 Å². The highest BCUT2D eigenvalue weighted by molar-refractivity contribution is 7.69. The predicted octanol–water partition coefficient (Wildman–Crippen LogP) is 7.73. The van der Waals surface area contributed by atoms with E-state index in [9.17, 15) is 5.11 Å². The van der Waals surface area contributed by atoms with Crippen LogP contribution in [-0.2, 0) is 5.41 Å². The van der Waals surface area contributed by atoms with Crippen molar-refractivity contribution in [2.75, 3.05) is 0 Å². The van der Waals surface area contributed by atoms with Crippen LogP contribution in [0.4, 0.5) is 0 Å². The van der Waals surface area contributed by atoms with Gasteiger partial charge in [0.15, 0.2) is 0 Å². The first-order valence-electron chi connectivity index (χ1n) is 13.9. The van der Waals surface area contributed by atoms with Crippen molar-refractivity contribution in [3.63, 3.8) is 0 Å². The summed E-state index contributed by atoms with van der Waals surface area (Å²) in [6.45, 7) is 6.84. The summed E-state index contributed by atoms with van der Waals surface area (Å²) in [5.74, 6) is 6.67. The van der Waals surface area contributed by atoms with Crippen molar-refractivity contribution in [3.8, 4) is 5.75 Å². The molecule has 32 heavy (non-hydrogen) atoms. The summed E-state index contributed by atoms with van der Waals surface area (Å²) in [6, 6.07) is 6.94. The molecule has 0 aliphatic heterocycles. The summed E-state index contributed by atoms with van der Waals surface area (Å²) in [4.78, 5) is 0. The second-order valence-electron chi connectivity index (χ2n) is 14.5. The van der Waals surface area contributed by atoms with Crippen LogP contribution < -0.4 is 5.30 Å². The molecule has 1 aromatic carbocycles. The monoisotopic (exact) mass is 450 g/mol. The zero-order valence-electron chi connectivity index (χ0n) is 20.6. The van der Waals surface area contributed by atoms with E-state index in [2.05, 4.69) is 39.0 Å². The molecular weight excluding hydrogens is 407 g/mol. The molecule has 0 saturated heterocycles. The second-order valence-corrected chi connectivity index (χ2v) is 17.6. The molecule has 8 saturated carbocycles. The van der Waals surface area contributed by atoms with Crippen LogP contribution >= 0.6 is 7.92 Å². The molecule has 174 valence electrons. The van der Waals surface area contributed by atoms with Crippen LogP contribution in [0.25, 0.3) is 0 Å². The van der Waals surface area contributed by atoms with Gasteiger partial charge in [0, 0.05) is 5.30 Å². The number of phenolic OH excluding ortho intramolecular Hbond substituents is 1. The van der Waals surface area contributed by atoms with E-state index in [-0.39, 0.29) is 13.3 Å². The Morgan fingerprint density at radius 2 is 1.06 bits per heavy atom. The van der Waals surface area contributed by atoms with Gasteiger partial charge in [-0.05, 0) is 134 Å². The van der Waals surface area contributed by atoms with Crippen LogP contribution in [0.15, 0.2) is 18.2 Å². The lowest BCUT2D eigenvalue weighted by molar-refractivity contribution is 0.0195. The van der Waals surface area contributed by atoms with Gasteiger partial charge in [-0.1, -0.05) is 46.9 Å².